The number of carbonyl (C=O) groups is 1. The van der Waals surface area contributed by atoms with Gasteiger partial charge < -0.3 is 15.4 Å². The molecular formula is C12H24N2O2. The first-order chi connectivity index (χ1) is 7.40. The van der Waals surface area contributed by atoms with Gasteiger partial charge in [-0.05, 0) is 6.42 Å². The van der Waals surface area contributed by atoms with Crippen molar-refractivity contribution in [3.63, 3.8) is 0 Å². The van der Waals surface area contributed by atoms with Crippen LogP contribution in [0.5, 0.6) is 0 Å². The van der Waals surface area contributed by atoms with Gasteiger partial charge >= 0.3 is 0 Å². The monoisotopic (exact) mass is 228 g/mol. The molecule has 1 atom stereocenters. The summed E-state index contributed by atoms with van der Waals surface area (Å²) < 4.78 is 5.80. The van der Waals surface area contributed by atoms with Crippen LogP contribution in [-0.2, 0) is 9.53 Å². The fourth-order valence-electron chi connectivity index (χ4n) is 1.68. The molecule has 0 radical (unpaired) electrons. The van der Waals surface area contributed by atoms with Crippen LogP contribution in [0.1, 0.15) is 34.1 Å². The van der Waals surface area contributed by atoms with Gasteiger partial charge in [0.15, 0.2) is 0 Å². The van der Waals surface area contributed by atoms with Crippen molar-refractivity contribution in [2.75, 3.05) is 26.2 Å². The average Bonchev–Trinajstić information content (AvgIpc) is 2.26. The molecule has 1 aliphatic rings. The lowest BCUT2D eigenvalue weighted by Crippen LogP contribution is -2.56. The number of ether oxygens (including phenoxy) is 1. The van der Waals surface area contributed by atoms with Crippen molar-refractivity contribution in [3.05, 3.63) is 0 Å². The minimum atomic E-state index is -0.336. The van der Waals surface area contributed by atoms with Crippen molar-refractivity contribution in [1.29, 1.82) is 0 Å². The SMILES string of the molecule is CCC1(CNC(=O)C(C)(C)C)CNCCO1. The summed E-state index contributed by atoms with van der Waals surface area (Å²) in [6.45, 7) is 10.9. The highest BCUT2D eigenvalue weighted by Gasteiger charge is 2.33. The Kier molecular flexibility index (Phi) is 4.33. The maximum Gasteiger partial charge on any atom is 0.225 e. The third-order valence-corrected chi connectivity index (χ3v) is 3.03. The molecule has 1 unspecified atom stereocenters. The third kappa shape index (κ3) is 3.46. The molecule has 0 saturated carbocycles. The molecule has 1 rings (SSSR count). The van der Waals surface area contributed by atoms with Gasteiger partial charge in [0, 0.05) is 25.0 Å². The van der Waals surface area contributed by atoms with Crippen LogP contribution in [0.15, 0.2) is 0 Å². The van der Waals surface area contributed by atoms with E-state index in [1.54, 1.807) is 0 Å². The summed E-state index contributed by atoms with van der Waals surface area (Å²) >= 11 is 0. The summed E-state index contributed by atoms with van der Waals surface area (Å²) in [6, 6.07) is 0. The summed E-state index contributed by atoms with van der Waals surface area (Å²) in [5.74, 6) is 0.0782. The molecular weight excluding hydrogens is 204 g/mol. The highest BCUT2D eigenvalue weighted by molar-refractivity contribution is 5.81. The fraction of sp³-hybridized carbons (Fsp3) is 0.917. The Bertz CT molecular complexity index is 240. The van der Waals surface area contributed by atoms with E-state index in [4.69, 9.17) is 4.74 Å². The number of carbonyl (C=O) groups excluding carboxylic acids is 1. The molecule has 1 fully saturated rings. The van der Waals surface area contributed by atoms with E-state index >= 15 is 0 Å². The van der Waals surface area contributed by atoms with Crippen LogP contribution in [-0.4, -0.2) is 37.7 Å². The van der Waals surface area contributed by atoms with Gasteiger partial charge in [0.25, 0.3) is 0 Å². The van der Waals surface area contributed by atoms with E-state index in [1.165, 1.54) is 0 Å². The number of morpholine rings is 1. The molecule has 1 amide bonds. The van der Waals surface area contributed by atoms with Crippen molar-refractivity contribution >= 4 is 5.91 Å². The van der Waals surface area contributed by atoms with Gasteiger partial charge in [-0.3, -0.25) is 4.79 Å². The van der Waals surface area contributed by atoms with Crippen LogP contribution >= 0.6 is 0 Å². The van der Waals surface area contributed by atoms with Crippen molar-refractivity contribution < 1.29 is 9.53 Å². The normalized spacial score (nSPS) is 26.5. The molecule has 4 heteroatoms. The lowest BCUT2D eigenvalue weighted by Gasteiger charge is -2.37. The molecule has 4 nitrogen and oxygen atoms in total. The van der Waals surface area contributed by atoms with Crippen molar-refractivity contribution in [2.45, 2.75) is 39.7 Å². The first-order valence-corrected chi connectivity index (χ1v) is 6.03. The van der Waals surface area contributed by atoms with E-state index in [0.29, 0.717) is 6.54 Å². The lowest BCUT2D eigenvalue weighted by atomic mass is 9.94. The number of hydrogen-bond acceptors (Lipinski definition) is 3. The third-order valence-electron chi connectivity index (χ3n) is 3.03. The molecule has 94 valence electrons. The van der Waals surface area contributed by atoms with Gasteiger partial charge in [0.1, 0.15) is 0 Å². The second-order valence-electron chi connectivity index (χ2n) is 5.49. The highest BCUT2D eigenvalue weighted by Crippen LogP contribution is 2.18. The number of nitrogens with one attached hydrogen (secondary N) is 2. The van der Waals surface area contributed by atoms with E-state index in [9.17, 15) is 4.79 Å². The van der Waals surface area contributed by atoms with Crippen LogP contribution < -0.4 is 10.6 Å². The number of rotatable bonds is 3. The standard InChI is InChI=1S/C12H24N2O2/c1-5-12(8-13-6-7-16-12)9-14-10(15)11(2,3)4/h13H,5-9H2,1-4H3,(H,14,15). The van der Waals surface area contributed by atoms with E-state index in [2.05, 4.69) is 17.6 Å². The lowest BCUT2D eigenvalue weighted by molar-refractivity contribution is -0.131. The molecule has 1 heterocycles. The second kappa shape index (κ2) is 5.15. The van der Waals surface area contributed by atoms with E-state index in [0.717, 1.165) is 26.1 Å². The predicted octanol–water partition coefficient (Wildman–Crippen LogP) is 0.917. The van der Waals surface area contributed by atoms with Crippen molar-refractivity contribution in [3.8, 4) is 0 Å². The van der Waals surface area contributed by atoms with Crippen LogP contribution in [0.4, 0.5) is 0 Å². The molecule has 0 aliphatic carbocycles. The molecule has 16 heavy (non-hydrogen) atoms. The molecule has 0 aromatic heterocycles. The van der Waals surface area contributed by atoms with Crippen molar-refractivity contribution in [2.24, 2.45) is 5.41 Å². The molecule has 1 saturated heterocycles. The molecule has 0 spiro atoms. The second-order valence-corrected chi connectivity index (χ2v) is 5.49. The maximum atomic E-state index is 11.8. The van der Waals surface area contributed by atoms with Crippen LogP contribution in [0.25, 0.3) is 0 Å². The first-order valence-electron chi connectivity index (χ1n) is 6.03. The zero-order chi connectivity index (χ0) is 12.2. The van der Waals surface area contributed by atoms with Crippen LogP contribution in [0.3, 0.4) is 0 Å². The minimum Gasteiger partial charge on any atom is -0.371 e. The Morgan fingerprint density at radius 2 is 2.19 bits per heavy atom. The fourth-order valence-corrected chi connectivity index (χ4v) is 1.68. The summed E-state index contributed by atoms with van der Waals surface area (Å²) in [6.07, 6.45) is 0.907. The van der Waals surface area contributed by atoms with E-state index in [-0.39, 0.29) is 16.9 Å². The van der Waals surface area contributed by atoms with Gasteiger partial charge in [-0.2, -0.15) is 0 Å². The topological polar surface area (TPSA) is 50.4 Å². The Morgan fingerprint density at radius 1 is 1.50 bits per heavy atom. The number of amides is 1. The Labute approximate surface area is 98.1 Å². The van der Waals surface area contributed by atoms with Crippen LogP contribution in [0, 0.1) is 5.41 Å². The summed E-state index contributed by atoms with van der Waals surface area (Å²) in [4.78, 5) is 11.8. The highest BCUT2D eigenvalue weighted by atomic mass is 16.5. The molecule has 2 N–H and O–H groups in total. The quantitative estimate of drug-likeness (QED) is 0.755. The zero-order valence-electron chi connectivity index (χ0n) is 10.9. The van der Waals surface area contributed by atoms with E-state index < -0.39 is 0 Å². The Hall–Kier alpha value is -0.610. The molecule has 0 bridgehead atoms. The molecule has 0 aromatic carbocycles. The zero-order valence-corrected chi connectivity index (χ0v) is 10.9. The van der Waals surface area contributed by atoms with Gasteiger partial charge in [0.05, 0.1) is 12.2 Å². The van der Waals surface area contributed by atoms with E-state index in [1.807, 2.05) is 20.8 Å². The van der Waals surface area contributed by atoms with Crippen LogP contribution in [0.2, 0.25) is 0 Å². The first kappa shape index (κ1) is 13.5. The van der Waals surface area contributed by atoms with Gasteiger partial charge in [-0.15, -0.1) is 0 Å². The molecule has 1 aliphatic heterocycles. The maximum absolute atomic E-state index is 11.8. The summed E-state index contributed by atoms with van der Waals surface area (Å²) in [5.41, 5.74) is -0.559. The van der Waals surface area contributed by atoms with Gasteiger partial charge in [-0.1, -0.05) is 27.7 Å². The predicted molar refractivity (Wildman–Crippen MR) is 64.3 cm³/mol. The van der Waals surface area contributed by atoms with Crippen molar-refractivity contribution in [1.82, 2.24) is 10.6 Å². The Morgan fingerprint density at radius 3 is 2.62 bits per heavy atom. The summed E-state index contributed by atoms with van der Waals surface area (Å²) in [5, 5.41) is 6.29. The Balaban J connectivity index is 2.48. The molecule has 0 aromatic rings. The van der Waals surface area contributed by atoms with Gasteiger partial charge in [-0.25, -0.2) is 0 Å². The average molecular weight is 228 g/mol. The smallest absolute Gasteiger partial charge is 0.225 e. The number of hydrogen-bond donors (Lipinski definition) is 2. The largest absolute Gasteiger partial charge is 0.371 e. The minimum absolute atomic E-state index is 0.0782. The van der Waals surface area contributed by atoms with Gasteiger partial charge in [0.2, 0.25) is 5.91 Å². The summed E-state index contributed by atoms with van der Waals surface area (Å²) in [7, 11) is 0.